The highest BCUT2D eigenvalue weighted by Crippen LogP contribution is 2.17. The van der Waals surface area contributed by atoms with E-state index in [1.54, 1.807) is 82.9 Å². The van der Waals surface area contributed by atoms with Crippen molar-refractivity contribution in [2.24, 2.45) is 0 Å². The molecule has 0 aliphatic heterocycles. The SMILES string of the molecule is CC(C)(C)OC(=O)N(Cc1cn(-c2ccc(C#N)cc2)cn1)C(=O)OC(C)(C)C. The Bertz CT molecular complexity index is 884. The zero-order valence-corrected chi connectivity index (χ0v) is 17.6. The van der Waals surface area contributed by atoms with Gasteiger partial charge in [-0.3, -0.25) is 0 Å². The molecule has 2 rings (SSSR count). The Morgan fingerprint density at radius 2 is 1.55 bits per heavy atom. The summed E-state index contributed by atoms with van der Waals surface area (Å²) in [5.74, 6) is 0. The number of nitriles is 1. The first-order valence-electron chi connectivity index (χ1n) is 9.15. The van der Waals surface area contributed by atoms with Crippen LogP contribution in [0.15, 0.2) is 36.8 Å². The number of rotatable bonds is 3. The van der Waals surface area contributed by atoms with Gasteiger partial charge in [-0.05, 0) is 65.8 Å². The average Bonchev–Trinajstić information content (AvgIpc) is 3.05. The van der Waals surface area contributed by atoms with Gasteiger partial charge in [0.2, 0.25) is 0 Å². The smallest absolute Gasteiger partial charge is 0.420 e. The summed E-state index contributed by atoms with van der Waals surface area (Å²) in [5.41, 5.74) is 0.295. The lowest BCUT2D eigenvalue weighted by atomic mass is 10.2. The molecule has 0 saturated carbocycles. The summed E-state index contributed by atoms with van der Waals surface area (Å²) >= 11 is 0. The number of aromatic nitrogens is 2. The molecule has 8 nitrogen and oxygen atoms in total. The van der Waals surface area contributed by atoms with Crippen LogP contribution in [0, 0.1) is 11.3 Å². The van der Waals surface area contributed by atoms with Crippen molar-refractivity contribution < 1.29 is 19.1 Å². The van der Waals surface area contributed by atoms with Gasteiger partial charge in [0.15, 0.2) is 0 Å². The third-order valence-electron chi connectivity index (χ3n) is 3.48. The molecular weight excluding hydrogens is 372 g/mol. The molecule has 0 bridgehead atoms. The van der Waals surface area contributed by atoms with Crippen LogP contribution >= 0.6 is 0 Å². The normalized spacial score (nSPS) is 11.5. The largest absolute Gasteiger partial charge is 0.443 e. The van der Waals surface area contributed by atoms with Crippen LogP contribution in [-0.2, 0) is 16.0 Å². The van der Waals surface area contributed by atoms with E-state index >= 15 is 0 Å². The maximum absolute atomic E-state index is 12.6. The van der Waals surface area contributed by atoms with Crippen molar-refractivity contribution in [1.29, 1.82) is 5.26 Å². The number of ether oxygens (including phenoxy) is 2. The second kappa shape index (κ2) is 8.35. The van der Waals surface area contributed by atoms with E-state index in [9.17, 15) is 9.59 Å². The van der Waals surface area contributed by atoms with Crippen LogP contribution in [0.4, 0.5) is 9.59 Å². The predicted octanol–water partition coefficient (Wildman–Crippen LogP) is 4.42. The molecule has 0 fully saturated rings. The van der Waals surface area contributed by atoms with Crippen molar-refractivity contribution in [2.45, 2.75) is 59.3 Å². The minimum absolute atomic E-state index is 0.104. The van der Waals surface area contributed by atoms with Crippen LogP contribution in [0.1, 0.15) is 52.8 Å². The molecule has 0 saturated heterocycles. The lowest BCUT2D eigenvalue weighted by Crippen LogP contribution is -2.43. The van der Waals surface area contributed by atoms with E-state index in [1.165, 1.54) is 0 Å². The first kappa shape index (κ1) is 22.0. The van der Waals surface area contributed by atoms with E-state index in [4.69, 9.17) is 14.7 Å². The van der Waals surface area contributed by atoms with Crippen LogP contribution in [0.5, 0.6) is 0 Å². The van der Waals surface area contributed by atoms with Crippen molar-refractivity contribution in [3.8, 4) is 11.8 Å². The summed E-state index contributed by atoms with van der Waals surface area (Å²) in [6.07, 6.45) is 1.65. The topological polar surface area (TPSA) is 97.5 Å². The van der Waals surface area contributed by atoms with Gasteiger partial charge in [0.05, 0.1) is 30.2 Å². The number of hydrogen-bond acceptors (Lipinski definition) is 6. The Balaban J connectivity index is 2.23. The fourth-order valence-corrected chi connectivity index (χ4v) is 2.29. The summed E-state index contributed by atoms with van der Waals surface area (Å²) < 4.78 is 12.4. The molecule has 0 aliphatic carbocycles. The minimum Gasteiger partial charge on any atom is -0.443 e. The molecule has 1 aromatic carbocycles. The molecule has 0 atom stereocenters. The van der Waals surface area contributed by atoms with Gasteiger partial charge < -0.3 is 14.0 Å². The van der Waals surface area contributed by atoms with Crippen LogP contribution in [0.25, 0.3) is 5.69 Å². The second-order valence-corrected chi connectivity index (χ2v) is 8.48. The number of imide groups is 1. The second-order valence-electron chi connectivity index (χ2n) is 8.48. The van der Waals surface area contributed by atoms with Gasteiger partial charge in [-0.25, -0.2) is 19.5 Å². The lowest BCUT2D eigenvalue weighted by Gasteiger charge is -2.28. The maximum Gasteiger partial charge on any atom is 0.420 e. The quantitative estimate of drug-likeness (QED) is 0.759. The number of benzene rings is 1. The summed E-state index contributed by atoms with van der Waals surface area (Å²) in [7, 11) is 0. The van der Waals surface area contributed by atoms with Gasteiger partial charge in [0.25, 0.3) is 0 Å². The van der Waals surface area contributed by atoms with E-state index in [2.05, 4.69) is 11.1 Å². The molecule has 8 heteroatoms. The predicted molar refractivity (Wildman–Crippen MR) is 106 cm³/mol. The van der Waals surface area contributed by atoms with Gasteiger partial charge in [0.1, 0.15) is 11.2 Å². The van der Waals surface area contributed by atoms with Crippen molar-refractivity contribution in [3.05, 3.63) is 48.0 Å². The molecule has 2 amide bonds. The van der Waals surface area contributed by atoms with E-state index in [0.717, 1.165) is 10.6 Å². The van der Waals surface area contributed by atoms with Gasteiger partial charge in [-0.2, -0.15) is 5.26 Å². The number of carbonyl (C=O) groups excluding carboxylic acids is 2. The number of imidazole rings is 1. The zero-order chi connectivity index (χ0) is 21.8. The van der Waals surface area contributed by atoms with Gasteiger partial charge in [0, 0.05) is 11.9 Å². The summed E-state index contributed by atoms with van der Waals surface area (Å²) in [6.45, 7) is 10.2. The van der Waals surface area contributed by atoms with Crippen molar-refractivity contribution in [1.82, 2.24) is 14.5 Å². The molecule has 1 aromatic heterocycles. The van der Waals surface area contributed by atoms with Crippen molar-refractivity contribution in [2.75, 3.05) is 0 Å². The highest BCUT2D eigenvalue weighted by molar-refractivity contribution is 5.88. The van der Waals surface area contributed by atoms with Crippen molar-refractivity contribution in [3.63, 3.8) is 0 Å². The average molecular weight is 398 g/mol. The van der Waals surface area contributed by atoms with Crippen LogP contribution in [0.2, 0.25) is 0 Å². The summed E-state index contributed by atoms with van der Waals surface area (Å²) in [6, 6.07) is 9.02. The first-order valence-corrected chi connectivity index (χ1v) is 9.15. The van der Waals surface area contributed by atoms with E-state index < -0.39 is 23.4 Å². The van der Waals surface area contributed by atoms with E-state index in [1.807, 2.05) is 0 Å². The fourth-order valence-electron chi connectivity index (χ4n) is 2.29. The Morgan fingerprint density at radius 3 is 2.00 bits per heavy atom. The molecule has 1 heterocycles. The maximum atomic E-state index is 12.6. The Kier molecular flexibility index (Phi) is 6.32. The highest BCUT2D eigenvalue weighted by atomic mass is 16.6. The molecule has 0 unspecified atom stereocenters. The van der Waals surface area contributed by atoms with Gasteiger partial charge in [-0.1, -0.05) is 0 Å². The minimum atomic E-state index is -0.806. The standard InChI is InChI=1S/C21H26N4O4/c1-20(2,3)28-18(26)25(19(27)29-21(4,5)6)13-16-12-24(14-23-16)17-9-7-15(11-22)8-10-17/h7-10,12,14H,13H2,1-6H3. The molecule has 0 radical (unpaired) electrons. The fraction of sp³-hybridized carbons (Fsp3) is 0.429. The van der Waals surface area contributed by atoms with Crippen molar-refractivity contribution >= 4 is 12.2 Å². The molecule has 29 heavy (non-hydrogen) atoms. The Morgan fingerprint density at radius 1 is 1.03 bits per heavy atom. The molecule has 2 aromatic rings. The number of amides is 2. The summed E-state index contributed by atoms with van der Waals surface area (Å²) in [4.78, 5) is 30.3. The van der Waals surface area contributed by atoms with Crippen LogP contribution in [-0.4, -0.2) is 37.8 Å². The van der Waals surface area contributed by atoms with Crippen LogP contribution in [0.3, 0.4) is 0 Å². The third kappa shape index (κ3) is 6.64. The molecule has 0 aliphatic rings. The van der Waals surface area contributed by atoms with E-state index in [0.29, 0.717) is 11.3 Å². The third-order valence-corrected chi connectivity index (χ3v) is 3.48. The highest BCUT2D eigenvalue weighted by Gasteiger charge is 2.31. The monoisotopic (exact) mass is 398 g/mol. The van der Waals surface area contributed by atoms with Gasteiger partial charge in [-0.15, -0.1) is 0 Å². The van der Waals surface area contributed by atoms with E-state index in [-0.39, 0.29) is 6.54 Å². The molecular formula is C21H26N4O4. The lowest BCUT2D eigenvalue weighted by molar-refractivity contribution is -0.000458. The number of carbonyl (C=O) groups is 2. The van der Waals surface area contributed by atoms with Crippen LogP contribution < -0.4 is 0 Å². The number of hydrogen-bond donors (Lipinski definition) is 0. The zero-order valence-electron chi connectivity index (χ0n) is 17.6. The summed E-state index contributed by atoms with van der Waals surface area (Å²) in [5, 5.41) is 8.91. The Labute approximate surface area is 170 Å². The van der Waals surface area contributed by atoms with Gasteiger partial charge >= 0.3 is 12.2 Å². The molecule has 154 valence electrons. The molecule has 0 N–H and O–H groups in total. The first-order chi connectivity index (χ1) is 13.4. The number of nitrogens with zero attached hydrogens (tertiary/aromatic N) is 4. The Hall–Kier alpha value is -3.34. The molecule has 0 spiro atoms.